The molecule has 0 saturated carbocycles. The lowest BCUT2D eigenvalue weighted by Crippen LogP contribution is -2.55. The van der Waals surface area contributed by atoms with Crippen LogP contribution in [0.15, 0.2) is 24.3 Å². The highest BCUT2D eigenvalue weighted by Gasteiger charge is 2.47. The molecule has 1 aromatic rings. The van der Waals surface area contributed by atoms with E-state index >= 15 is 0 Å². The number of aliphatic hydroxyl groups excluding tert-OH is 1. The van der Waals surface area contributed by atoms with E-state index in [1.54, 1.807) is 0 Å². The SMILES string of the molecule is CCOc1cccc(C2(C(CO)C(C)C)COC2)c1. The Balaban J connectivity index is 2.32. The predicted molar refractivity (Wildman–Crippen MR) is 75.5 cm³/mol. The lowest BCUT2D eigenvalue weighted by Gasteiger charge is -2.48. The van der Waals surface area contributed by atoms with Crippen molar-refractivity contribution in [3.8, 4) is 5.75 Å². The largest absolute Gasteiger partial charge is 0.494 e. The fourth-order valence-electron chi connectivity index (χ4n) is 3.00. The van der Waals surface area contributed by atoms with Crippen molar-refractivity contribution in [2.24, 2.45) is 11.8 Å². The van der Waals surface area contributed by atoms with Crippen LogP contribution < -0.4 is 4.74 Å². The molecule has 0 aliphatic carbocycles. The van der Waals surface area contributed by atoms with Gasteiger partial charge in [0.1, 0.15) is 5.75 Å². The molecule has 1 fully saturated rings. The van der Waals surface area contributed by atoms with E-state index in [0.717, 1.165) is 5.75 Å². The second-order valence-corrected chi connectivity index (χ2v) is 5.64. The minimum atomic E-state index is -0.0595. The first-order valence-corrected chi connectivity index (χ1v) is 7.06. The maximum Gasteiger partial charge on any atom is 0.119 e. The van der Waals surface area contributed by atoms with Crippen molar-refractivity contribution in [1.29, 1.82) is 0 Å². The van der Waals surface area contributed by atoms with Crippen molar-refractivity contribution < 1.29 is 14.6 Å². The van der Waals surface area contributed by atoms with Gasteiger partial charge in [0, 0.05) is 12.0 Å². The van der Waals surface area contributed by atoms with Crippen molar-refractivity contribution in [3.05, 3.63) is 29.8 Å². The average molecular weight is 264 g/mol. The van der Waals surface area contributed by atoms with Gasteiger partial charge >= 0.3 is 0 Å². The zero-order valence-corrected chi connectivity index (χ0v) is 12.1. The molecule has 1 unspecified atom stereocenters. The molecular weight excluding hydrogens is 240 g/mol. The third kappa shape index (κ3) is 2.63. The molecule has 3 nitrogen and oxygen atoms in total. The van der Waals surface area contributed by atoms with Crippen LogP contribution in [0.4, 0.5) is 0 Å². The van der Waals surface area contributed by atoms with Gasteiger partial charge in [0.15, 0.2) is 0 Å². The van der Waals surface area contributed by atoms with Crippen LogP contribution in [0, 0.1) is 11.8 Å². The first-order valence-electron chi connectivity index (χ1n) is 7.06. The molecule has 1 heterocycles. The molecule has 0 bridgehead atoms. The standard InChI is InChI=1S/C16H24O3/c1-4-19-14-7-5-6-13(8-14)16(10-18-11-16)15(9-17)12(2)3/h5-8,12,15,17H,4,9-11H2,1-3H3. The molecule has 1 atom stereocenters. The average Bonchev–Trinajstić information content (AvgIpc) is 2.33. The van der Waals surface area contributed by atoms with Gasteiger partial charge in [-0.15, -0.1) is 0 Å². The van der Waals surface area contributed by atoms with Crippen LogP contribution in [0.25, 0.3) is 0 Å². The number of ether oxygens (including phenoxy) is 2. The minimum Gasteiger partial charge on any atom is -0.494 e. The van der Waals surface area contributed by atoms with E-state index in [2.05, 4.69) is 26.0 Å². The minimum absolute atomic E-state index is 0.0595. The Kier molecular flexibility index (Phi) is 4.48. The number of aliphatic hydroxyl groups is 1. The number of hydrogen-bond acceptors (Lipinski definition) is 3. The van der Waals surface area contributed by atoms with Gasteiger partial charge in [0.05, 0.1) is 19.8 Å². The highest BCUT2D eigenvalue weighted by atomic mass is 16.5. The molecule has 0 radical (unpaired) electrons. The van der Waals surface area contributed by atoms with Crippen LogP contribution in [0.2, 0.25) is 0 Å². The van der Waals surface area contributed by atoms with Gasteiger partial charge in [-0.2, -0.15) is 0 Å². The summed E-state index contributed by atoms with van der Waals surface area (Å²) < 4.78 is 11.1. The van der Waals surface area contributed by atoms with E-state index in [9.17, 15) is 5.11 Å². The van der Waals surface area contributed by atoms with Gasteiger partial charge in [0.25, 0.3) is 0 Å². The lowest BCUT2D eigenvalue weighted by molar-refractivity contribution is -0.111. The smallest absolute Gasteiger partial charge is 0.119 e. The van der Waals surface area contributed by atoms with Crippen LogP contribution in [0.1, 0.15) is 26.3 Å². The zero-order chi connectivity index (χ0) is 13.9. The van der Waals surface area contributed by atoms with E-state index in [1.807, 2.05) is 19.1 Å². The summed E-state index contributed by atoms with van der Waals surface area (Å²) in [6.45, 7) is 8.54. The van der Waals surface area contributed by atoms with Gasteiger partial charge < -0.3 is 14.6 Å². The van der Waals surface area contributed by atoms with Crippen molar-refractivity contribution >= 4 is 0 Å². The van der Waals surface area contributed by atoms with E-state index in [4.69, 9.17) is 9.47 Å². The van der Waals surface area contributed by atoms with E-state index in [1.165, 1.54) is 5.56 Å². The molecule has 19 heavy (non-hydrogen) atoms. The topological polar surface area (TPSA) is 38.7 Å². The van der Waals surface area contributed by atoms with Crippen LogP contribution in [0.3, 0.4) is 0 Å². The van der Waals surface area contributed by atoms with Crippen LogP contribution >= 0.6 is 0 Å². The van der Waals surface area contributed by atoms with Gasteiger partial charge in [0.2, 0.25) is 0 Å². The summed E-state index contributed by atoms with van der Waals surface area (Å²) >= 11 is 0. The predicted octanol–water partition coefficient (Wildman–Crippen LogP) is 2.62. The summed E-state index contributed by atoms with van der Waals surface area (Å²) in [4.78, 5) is 0. The molecule has 0 aromatic heterocycles. The summed E-state index contributed by atoms with van der Waals surface area (Å²) in [7, 11) is 0. The summed E-state index contributed by atoms with van der Waals surface area (Å²) in [6.07, 6.45) is 0. The van der Waals surface area contributed by atoms with Crippen molar-refractivity contribution in [1.82, 2.24) is 0 Å². The Morgan fingerprint density at radius 2 is 2.11 bits per heavy atom. The third-order valence-corrected chi connectivity index (χ3v) is 4.15. The summed E-state index contributed by atoms with van der Waals surface area (Å²) in [5.41, 5.74) is 1.16. The summed E-state index contributed by atoms with van der Waals surface area (Å²) in [5.74, 6) is 1.54. The highest BCUT2D eigenvalue weighted by Crippen LogP contribution is 2.43. The highest BCUT2D eigenvalue weighted by molar-refractivity contribution is 5.36. The van der Waals surface area contributed by atoms with Crippen LogP contribution in [-0.2, 0) is 10.2 Å². The number of benzene rings is 1. The Labute approximate surface area is 115 Å². The Morgan fingerprint density at radius 3 is 2.58 bits per heavy atom. The fourth-order valence-corrected chi connectivity index (χ4v) is 3.00. The normalized spacial score (nSPS) is 19.0. The first kappa shape index (κ1) is 14.4. The second kappa shape index (κ2) is 5.93. The third-order valence-electron chi connectivity index (χ3n) is 4.15. The number of hydrogen-bond donors (Lipinski definition) is 1. The molecule has 106 valence electrons. The van der Waals surface area contributed by atoms with Gasteiger partial charge in [-0.25, -0.2) is 0 Å². The molecule has 2 rings (SSSR count). The molecule has 0 amide bonds. The van der Waals surface area contributed by atoms with Crippen LogP contribution in [0.5, 0.6) is 5.75 Å². The molecule has 1 aliphatic heterocycles. The second-order valence-electron chi connectivity index (χ2n) is 5.64. The lowest BCUT2D eigenvalue weighted by atomic mass is 9.65. The quantitative estimate of drug-likeness (QED) is 0.858. The summed E-state index contributed by atoms with van der Waals surface area (Å²) in [6, 6.07) is 8.21. The molecule has 0 spiro atoms. The van der Waals surface area contributed by atoms with Crippen molar-refractivity contribution in [2.75, 3.05) is 26.4 Å². The molecule has 1 aliphatic rings. The van der Waals surface area contributed by atoms with Crippen LogP contribution in [-0.4, -0.2) is 31.5 Å². The van der Waals surface area contributed by atoms with Crippen molar-refractivity contribution in [2.45, 2.75) is 26.2 Å². The Bertz CT molecular complexity index is 410. The van der Waals surface area contributed by atoms with Gasteiger partial charge in [-0.1, -0.05) is 26.0 Å². The Morgan fingerprint density at radius 1 is 1.37 bits per heavy atom. The molecule has 1 aromatic carbocycles. The van der Waals surface area contributed by atoms with Gasteiger partial charge in [-0.3, -0.25) is 0 Å². The maximum absolute atomic E-state index is 9.74. The fraction of sp³-hybridized carbons (Fsp3) is 0.625. The van der Waals surface area contributed by atoms with E-state index in [0.29, 0.717) is 25.7 Å². The zero-order valence-electron chi connectivity index (χ0n) is 12.1. The molecular formula is C16H24O3. The molecule has 3 heteroatoms. The first-order chi connectivity index (χ1) is 9.14. The van der Waals surface area contributed by atoms with E-state index < -0.39 is 0 Å². The Hall–Kier alpha value is -1.06. The monoisotopic (exact) mass is 264 g/mol. The van der Waals surface area contributed by atoms with Crippen molar-refractivity contribution in [3.63, 3.8) is 0 Å². The summed E-state index contributed by atoms with van der Waals surface area (Å²) in [5, 5.41) is 9.74. The number of rotatable bonds is 6. The molecule has 1 N–H and O–H groups in total. The maximum atomic E-state index is 9.74. The van der Waals surface area contributed by atoms with E-state index in [-0.39, 0.29) is 17.9 Å². The molecule has 1 saturated heterocycles. The van der Waals surface area contributed by atoms with Gasteiger partial charge in [-0.05, 0) is 36.5 Å².